The molecule has 35 heavy (non-hydrogen) atoms. The second-order valence-corrected chi connectivity index (χ2v) is 16.0. The molecular formula is C32H51NO2. The smallest absolute Gasteiger partial charge is 0.150 e. The molecule has 8 rings (SSSR count). The molecule has 3 heteroatoms. The Morgan fingerprint density at radius 3 is 2.29 bits per heavy atom. The zero-order valence-corrected chi connectivity index (χ0v) is 22.7. The molecule has 0 aliphatic heterocycles. The summed E-state index contributed by atoms with van der Waals surface area (Å²) in [5, 5.41) is 14.6. The SMILES string of the molecule is CC12CC3CC(C1)C(NCC(=O)[C@H]1CC[C@H]4[C@@H]5CC[C@@H]6C[C@](C)(O)CC[C@@H]6[C@H]5CC[C@]14C)C(C3)C2. The third kappa shape index (κ3) is 3.75. The molecule has 8 aliphatic carbocycles. The maximum Gasteiger partial charge on any atom is 0.150 e. The molecule has 4 bridgehead atoms. The topological polar surface area (TPSA) is 49.3 Å². The first-order valence-corrected chi connectivity index (χ1v) is 15.6. The predicted octanol–water partition coefficient (Wildman–Crippen LogP) is 6.38. The van der Waals surface area contributed by atoms with E-state index in [1.54, 1.807) is 0 Å². The van der Waals surface area contributed by atoms with E-state index in [0.717, 1.165) is 66.6 Å². The number of fused-ring (bicyclic) bond motifs is 5. The highest BCUT2D eigenvalue weighted by Crippen LogP contribution is 2.65. The van der Waals surface area contributed by atoms with E-state index in [2.05, 4.69) is 26.1 Å². The lowest BCUT2D eigenvalue weighted by Crippen LogP contribution is -2.58. The number of aliphatic hydroxyl groups is 1. The van der Waals surface area contributed by atoms with E-state index in [1.165, 1.54) is 70.6 Å². The van der Waals surface area contributed by atoms with Gasteiger partial charge in [-0.3, -0.25) is 4.79 Å². The largest absolute Gasteiger partial charge is 0.390 e. The Labute approximate surface area is 214 Å². The maximum absolute atomic E-state index is 13.8. The first kappa shape index (κ1) is 23.7. The van der Waals surface area contributed by atoms with Crippen LogP contribution in [0.25, 0.3) is 0 Å². The second kappa shape index (κ2) is 8.05. The maximum atomic E-state index is 13.8. The van der Waals surface area contributed by atoms with Gasteiger partial charge >= 0.3 is 0 Å². The van der Waals surface area contributed by atoms with Gasteiger partial charge in [-0.05, 0) is 155 Å². The van der Waals surface area contributed by atoms with E-state index in [9.17, 15) is 9.90 Å². The minimum absolute atomic E-state index is 0.241. The molecule has 3 nitrogen and oxygen atoms in total. The summed E-state index contributed by atoms with van der Waals surface area (Å²) < 4.78 is 0. The van der Waals surface area contributed by atoms with Crippen molar-refractivity contribution in [1.82, 2.24) is 5.32 Å². The molecule has 0 heterocycles. The quantitative estimate of drug-likeness (QED) is 0.490. The van der Waals surface area contributed by atoms with Gasteiger partial charge in [-0.15, -0.1) is 0 Å². The van der Waals surface area contributed by atoms with E-state index in [4.69, 9.17) is 0 Å². The molecule has 0 amide bonds. The van der Waals surface area contributed by atoms with E-state index >= 15 is 0 Å². The molecular weight excluding hydrogens is 430 g/mol. The Balaban J connectivity index is 1.01. The van der Waals surface area contributed by atoms with Crippen molar-refractivity contribution in [2.45, 2.75) is 122 Å². The van der Waals surface area contributed by atoms with Gasteiger partial charge < -0.3 is 10.4 Å². The molecule has 0 aromatic heterocycles. The van der Waals surface area contributed by atoms with Gasteiger partial charge in [-0.1, -0.05) is 13.8 Å². The molecule has 8 aliphatic rings. The molecule has 8 fully saturated rings. The van der Waals surface area contributed by atoms with Crippen LogP contribution in [0.4, 0.5) is 0 Å². The van der Waals surface area contributed by atoms with Gasteiger partial charge in [-0.25, -0.2) is 0 Å². The molecule has 8 saturated carbocycles. The van der Waals surface area contributed by atoms with E-state index in [1.807, 2.05) is 0 Å². The van der Waals surface area contributed by atoms with Gasteiger partial charge in [0.25, 0.3) is 0 Å². The molecule has 2 N–H and O–H groups in total. The van der Waals surface area contributed by atoms with Crippen LogP contribution in [-0.4, -0.2) is 29.1 Å². The fraction of sp³-hybridized carbons (Fsp3) is 0.969. The molecule has 0 aromatic carbocycles. The van der Waals surface area contributed by atoms with Crippen molar-refractivity contribution in [3.05, 3.63) is 0 Å². The first-order chi connectivity index (χ1) is 16.6. The van der Waals surface area contributed by atoms with Crippen molar-refractivity contribution in [2.24, 2.45) is 64.1 Å². The first-order valence-electron chi connectivity index (χ1n) is 15.6. The Morgan fingerprint density at radius 1 is 0.800 bits per heavy atom. The summed E-state index contributed by atoms with van der Waals surface area (Å²) in [6.07, 6.45) is 18.1. The van der Waals surface area contributed by atoms with Gasteiger partial charge in [0.2, 0.25) is 0 Å². The highest BCUT2D eigenvalue weighted by atomic mass is 16.3. The second-order valence-electron chi connectivity index (χ2n) is 16.0. The van der Waals surface area contributed by atoms with Crippen LogP contribution in [0.2, 0.25) is 0 Å². The van der Waals surface area contributed by atoms with Crippen LogP contribution < -0.4 is 5.32 Å². The summed E-state index contributed by atoms with van der Waals surface area (Å²) in [7, 11) is 0. The molecule has 0 saturated heterocycles. The molecule has 196 valence electrons. The number of carbonyl (C=O) groups is 1. The fourth-order valence-electron chi connectivity index (χ4n) is 12.7. The Bertz CT molecular complexity index is 850. The molecule has 0 radical (unpaired) electrons. The van der Waals surface area contributed by atoms with Crippen LogP contribution in [-0.2, 0) is 4.79 Å². The molecule has 2 unspecified atom stereocenters. The highest BCUT2D eigenvalue weighted by Gasteiger charge is 2.59. The lowest BCUT2D eigenvalue weighted by molar-refractivity contribution is -0.132. The number of ketones is 1. The molecule has 10 atom stereocenters. The van der Waals surface area contributed by atoms with Gasteiger partial charge in [-0.2, -0.15) is 0 Å². The van der Waals surface area contributed by atoms with Gasteiger partial charge in [0.15, 0.2) is 0 Å². The Kier molecular flexibility index (Phi) is 5.45. The minimum Gasteiger partial charge on any atom is -0.390 e. The number of rotatable bonds is 4. The summed E-state index contributed by atoms with van der Waals surface area (Å²) in [4.78, 5) is 13.8. The normalized spacial score (nSPS) is 58.5. The van der Waals surface area contributed by atoms with Crippen LogP contribution in [0.1, 0.15) is 111 Å². The standard InChI is InChI=1S/C32H51NO2/c1-30-14-19-12-21(15-30)29(22(13-19)16-30)33-18-28(34)27-7-6-26-25-5-4-20-17-31(2,35)10-8-23(20)24(25)9-11-32(26,27)3/h19-27,29,33,35H,4-18H2,1-3H3/t19?,20-,21?,22?,23+,24-,25-,26+,27-,29?,30?,31-,32+/m1/s1. The molecule has 0 aromatic rings. The van der Waals surface area contributed by atoms with Crippen LogP contribution in [0.15, 0.2) is 0 Å². The zero-order valence-electron chi connectivity index (χ0n) is 22.7. The summed E-state index contributed by atoms with van der Waals surface area (Å²) in [5.41, 5.74) is 0.422. The van der Waals surface area contributed by atoms with Gasteiger partial charge in [0, 0.05) is 12.0 Å². The van der Waals surface area contributed by atoms with Crippen molar-refractivity contribution in [2.75, 3.05) is 6.54 Å². The van der Waals surface area contributed by atoms with Crippen LogP contribution in [0.5, 0.6) is 0 Å². The number of Topliss-reactive ketones (excluding diaryl/α,β-unsaturated/α-hetero) is 1. The molecule has 0 spiro atoms. The summed E-state index contributed by atoms with van der Waals surface area (Å²) in [6.45, 7) is 7.77. The number of nitrogens with one attached hydrogen (secondary N) is 1. The summed E-state index contributed by atoms with van der Waals surface area (Å²) in [6, 6.07) is 0.614. The third-order valence-electron chi connectivity index (χ3n) is 13.7. The van der Waals surface area contributed by atoms with Crippen molar-refractivity contribution in [3.63, 3.8) is 0 Å². The van der Waals surface area contributed by atoms with Gasteiger partial charge in [0.05, 0.1) is 12.1 Å². The Morgan fingerprint density at radius 2 is 1.54 bits per heavy atom. The van der Waals surface area contributed by atoms with Crippen LogP contribution in [0.3, 0.4) is 0 Å². The lowest BCUT2D eigenvalue weighted by atomic mass is 9.48. The van der Waals surface area contributed by atoms with E-state index in [-0.39, 0.29) is 5.41 Å². The summed E-state index contributed by atoms with van der Waals surface area (Å²) >= 11 is 0. The van der Waals surface area contributed by atoms with Crippen molar-refractivity contribution in [1.29, 1.82) is 0 Å². The van der Waals surface area contributed by atoms with Crippen molar-refractivity contribution in [3.8, 4) is 0 Å². The predicted molar refractivity (Wildman–Crippen MR) is 140 cm³/mol. The average Bonchev–Trinajstić information content (AvgIpc) is 3.13. The van der Waals surface area contributed by atoms with Crippen LogP contribution >= 0.6 is 0 Å². The van der Waals surface area contributed by atoms with Gasteiger partial charge in [0.1, 0.15) is 5.78 Å². The van der Waals surface area contributed by atoms with Crippen LogP contribution in [0, 0.1) is 64.1 Å². The minimum atomic E-state index is -0.427. The zero-order chi connectivity index (χ0) is 24.2. The third-order valence-corrected chi connectivity index (χ3v) is 13.7. The number of hydrogen-bond donors (Lipinski definition) is 2. The highest BCUT2D eigenvalue weighted by molar-refractivity contribution is 5.84. The lowest BCUT2D eigenvalue weighted by Gasteiger charge is -2.59. The summed E-state index contributed by atoms with van der Waals surface area (Å²) in [5.74, 6) is 7.53. The monoisotopic (exact) mass is 481 g/mol. The number of hydrogen-bond acceptors (Lipinski definition) is 3. The van der Waals surface area contributed by atoms with E-state index in [0.29, 0.717) is 29.7 Å². The Hall–Kier alpha value is -0.410. The average molecular weight is 482 g/mol. The fourth-order valence-corrected chi connectivity index (χ4v) is 12.7. The van der Waals surface area contributed by atoms with Crippen molar-refractivity contribution < 1.29 is 9.90 Å². The number of carbonyl (C=O) groups excluding carboxylic acids is 1. The van der Waals surface area contributed by atoms with E-state index < -0.39 is 5.60 Å². The van der Waals surface area contributed by atoms with Crippen molar-refractivity contribution >= 4 is 5.78 Å².